The molecule has 0 unspecified atom stereocenters. The standard InChI is InChI=1S/C15H25NO2/c1-3-10-16-11-13-17-12-9-14-5-7-15(8-6-14)18-4-2/h5-8,16H,3-4,9-13H2,1-2H3. The van der Waals surface area contributed by atoms with Gasteiger partial charge in [0.2, 0.25) is 0 Å². The van der Waals surface area contributed by atoms with Crippen molar-refractivity contribution in [3.8, 4) is 5.75 Å². The van der Waals surface area contributed by atoms with E-state index in [9.17, 15) is 0 Å². The molecule has 0 fully saturated rings. The highest BCUT2D eigenvalue weighted by Crippen LogP contribution is 2.12. The van der Waals surface area contributed by atoms with E-state index >= 15 is 0 Å². The van der Waals surface area contributed by atoms with Crippen molar-refractivity contribution in [1.82, 2.24) is 5.32 Å². The van der Waals surface area contributed by atoms with Crippen LogP contribution in [0.25, 0.3) is 0 Å². The Labute approximate surface area is 110 Å². The fourth-order valence-electron chi connectivity index (χ4n) is 1.66. The molecular weight excluding hydrogens is 226 g/mol. The molecule has 0 aliphatic rings. The molecule has 3 heteroatoms. The van der Waals surface area contributed by atoms with Crippen molar-refractivity contribution in [2.45, 2.75) is 26.7 Å². The highest BCUT2D eigenvalue weighted by molar-refractivity contribution is 5.27. The Morgan fingerprint density at radius 3 is 2.44 bits per heavy atom. The number of hydrogen-bond donors (Lipinski definition) is 1. The summed E-state index contributed by atoms with van der Waals surface area (Å²) < 4.78 is 11.0. The first-order valence-corrected chi connectivity index (χ1v) is 6.87. The minimum absolute atomic E-state index is 0.715. The van der Waals surface area contributed by atoms with Crippen LogP contribution in [0, 0.1) is 0 Å². The van der Waals surface area contributed by atoms with E-state index in [0.29, 0.717) is 6.61 Å². The molecular formula is C15H25NO2. The lowest BCUT2D eigenvalue weighted by Gasteiger charge is -2.07. The first-order chi connectivity index (χ1) is 8.86. The molecule has 0 aliphatic carbocycles. The summed E-state index contributed by atoms with van der Waals surface area (Å²) in [5.41, 5.74) is 1.29. The lowest BCUT2D eigenvalue weighted by Crippen LogP contribution is -2.20. The van der Waals surface area contributed by atoms with Crippen LogP contribution < -0.4 is 10.1 Å². The molecule has 1 aromatic carbocycles. The summed E-state index contributed by atoms with van der Waals surface area (Å²) in [5.74, 6) is 0.936. The van der Waals surface area contributed by atoms with Gasteiger partial charge in [0.25, 0.3) is 0 Å². The topological polar surface area (TPSA) is 30.5 Å². The molecule has 1 rings (SSSR count). The van der Waals surface area contributed by atoms with E-state index in [0.717, 1.165) is 38.5 Å². The average Bonchev–Trinajstić information content (AvgIpc) is 2.40. The molecule has 3 nitrogen and oxygen atoms in total. The number of hydrogen-bond acceptors (Lipinski definition) is 3. The molecule has 0 heterocycles. The third-order valence-corrected chi connectivity index (χ3v) is 2.62. The minimum atomic E-state index is 0.715. The van der Waals surface area contributed by atoms with Crippen LogP contribution in [0.3, 0.4) is 0 Å². The monoisotopic (exact) mass is 251 g/mol. The molecule has 0 saturated carbocycles. The number of nitrogens with one attached hydrogen (secondary N) is 1. The summed E-state index contributed by atoms with van der Waals surface area (Å²) in [6.45, 7) is 8.46. The van der Waals surface area contributed by atoms with E-state index in [-0.39, 0.29) is 0 Å². The largest absolute Gasteiger partial charge is 0.494 e. The van der Waals surface area contributed by atoms with Gasteiger partial charge in [-0.05, 0) is 44.0 Å². The molecule has 0 atom stereocenters. The van der Waals surface area contributed by atoms with Crippen LogP contribution in [0.1, 0.15) is 25.8 Å². The Morgan fingerprint density at radius 2 is 1.78 bits per heavy atom. The first-order valence-electron chi connectivity index (χ1n) is 6.87. The quantitative estimate of drug-likeness (QED) is 0.648. The molecule has 102 valence electrons. The fraction of sp³-hybridized carbons (Fsp3) is 0.600. The molecule has 1 N–H and O–H groups in total. The summed E-state index contributed by atoms with van der Waals surface area (Å²) in [7, 11) is 0. The number of rotatable bonds is 10. The maximum absolute atomic E-state index is 5.57. The summed E-state index contributed by atoms with van der Waals surface area (Å²) in [6, 6.07) is 8.23. The van der Waals surface area contributed by atoms with Crippen molar-refractivity contribution in [1.29, 1.82) is 0 Å². The van der Waals surface area contributed by atoms with Gasteiger partial charge in [0.15, 0.2) is 0 Å². The first kappa shape index (κ1) is 15.0. The van der Waals surface area contributed by atoms with Gasteiger partial charge in [-0.25, -0.2) is 0 Å². The Kier molecular flexibility index (Phi) is 8.26. The van der Waals surface area contributed by atoms with Crippen LogP contribution in [-0.4, -0.2) is 32.9 Å². The van der Waals surface area contributed by atoms with Gasteiger partial charge in [0.1, 0.15) is 5.75 Å². The van der Waals surface area contributed by atoms with E-state index in [2.05, 4.69) is 24.4 Å². The van der Waals surface area contributed by atoms with Crippen LogP contribution in [0.5, 0.6) is 5.75 Å². The van der Waals surface area contributed by atoms with Crippen molar-refractivity contribution in [2.24, 2.45) is 0 Å². The van der Waals surface area contributed by atoms with Crippen LogP contribution >= 0.6 is 0 Å². The van der Waals surface area contributed by atoms with Crippen LogP contribution in [0.15, 0.2) is 24.3 Å². The normalized spacial score (nSPS) is 10.6. The molecule has 0 amide bonds. The van der Waals surface area contributed by atoms with E-state index in [1.807, 2.05) is 19.1 Å². The van der Waals surface area contributed by atoms with E-state index in [4.69, 9.17) is 9.47 Å². The van der Waals surface area contributed by atoms with Gasteiger partial charge in [0, 0.05) is 6.54 Å². The maximum Gasteiger partial charge on any atom is 0.119 e. The van der Waals surface area contributed by atoms with Crippen molar-refractivity contribution in [2.75, 3.05) is 32.9 Å². The van der Waals surface area contributed by atoms with Crippen molar-refractivity contribution >= 4 is 0 Å². The van der Waals surface area contributed by atoms with Gasteiger partial charge < -0.3 is 14.8 Å². The number of ether oxygens (including phenoxy) is 2. The molecule has 0 aliphatic heterocycles. The van der Waals surface area contributed by atoms with Crippen LogP contribution in [0.2, 0.25) is 0 Å². The van der Waals surface area contributed by atoms with E-state index in [1.54, 1.807) is 0 Å². The van der Waals surface area contributed by atoms with Gasteiger partial charge in [0.05, 0.1) is 19.8 Å². The minimum Gasteiger partial charge on any atom is -0.494 e. The third kappa shape index (κ3) is 6.62. The lowest BCUT2D eigenvalue weighted by molar-refractivity contribution is 0.139. The summed E-state index contributed by atoms with van der Waals surface area (Å²) in [6.07, 6.45) is 2.13. The zero-order valence-corrected chi connectivity index (χ0v) is 11.6. The van der Waals surface area contributed by atoms with E-state index < -0.39 is 0 Å². The van der Waals surface area contributed by atoms with Crippen molar-refractivity contribution < 1.29 is 9.47 Å². The lowest BCUT2D eigenvalue weighted by atomic mass is 10.1. The Morgan fingerprint density at radius 1 is 1.00 bits per heavy atom. The third-order valence-electron chi connectivity index (χ3n) is 2.62. The van der Waals surface area contributed by atoms with Crippen molar-refractivity contribution in [3.63, 3.8) is 0 Å². The summed E-state index contributed by atoms with van der Waals surface area (Å²) >= 11 is 0. The molecule has 0 radical (unpaired) electrons. The highest BCUT2D eigenvalue weighted by atomic mass is 16.5. The molecule has 0 saturated heterocycles. The number of benzene rings is 1. The molecule has 0 spiro atoms. The van der Waals surface area contributed by atoms with Gasteiger partial charge in [-0.3, -0.25) is 0 Å². The molecule has 1 aromatic rings. The van der Waals surface area contributed by atoms with E-state index in [1.165, 1.54) is 12.0 Å². The predicted molar refractivity (Wildman–Crippen MR) is 75.3 cm³/mol. The summed E-state index contributed by atoms with van der Waals surface area (Å²) in [5, 5.41) is 3.31. The smallest absolute Gasteiger partial charge is 0.119 e. The Balaban J connectivity index is 2.08. The van der Waals surface area contributed by atoms with Crippen LogP contribution in [-0.2, 0) is 11.2 Å². The highest BCUT2D eigenvalue weighted by Gasteiger charge is 1.95. The SMILES string of the molecule is CCCNCCOCCc1ccc(OCC)cc1. The second-order valence-electron chi connectivity index (χ2n) is 4.19. The second-order valence-corrected chi connectivity index (χ2v) is 4.19. The van der Waals surface area contributed by atoms with Gasteiger partial charge in [-0.15, -0.1) is 0 Å². The molecule has 18 heavy (non-hydrogen) atoms. The predicted octanol–water partition coefficient (Wildman–Crippen LogP) is 2.64. The van der Waals surface area contributed by atoms with Crippen LogP contribution in [0.4, 0.5) is 0 Å². The zero-order valence-electron chi connectivity index (χ0n) is 11.6. The van der Waals surface area contributed by atoms with Gasteiger partial charge in [-0.1, -0.05) is 19.1 Å². The fourth-order valence-corrected chi connectivity index (χ4v) is 1.66. The Hall–Kier alpha value is -1.06. The second kappa shape index (κ2) is 9.92. The maximum atomic E-state index is 5.57. The summed E-state index contributed by atoms with van der Waals surface area (Å²) in [4.78, 5) is 0. The zero-order chi connectivity index (χ0) is 13.1. The van der Waals surface area contributed by atoms with Gasteiger partial charge in [-0.2, -0.15) is 0 Å². The average molecular weight is 251 g/mol. The van der Waals surface area contributed by atoms with Crippen molar-refractivity contribution in [3.05, 3.63) is 29.8 Å². The molecule has 0 aromatic heterocycles. The Bertz CT molecular complexity index is 298. The van der Waals surface area contributed by atoms with Gasteiger partial charge >= 0.3 is 0 Å². The molecule has 0 bridgehead atoms.